The predicted molar refractivity (Wildman–Crippen MR) is 60.4 cm³/mol. The number of halogens is 3. The standard InChI is InChI=1S/C8H3Cl3N2S/c9-4-1-2-6(10)5(3-4)7-12-13-8(11)14-7/h1-3H. The first-order valence-corrected chi connectivity index (χ1v) is 5.56. The van der Waals surface area contributed by atoms with Gasteiger partial charge in [0, 0.05) is 10.6 Å². The van der Waals surface area contributed by atoms with Crippen molar-refractivity contribution in [1.29, 1.82) is 0 Å². The van der Waals surface area contributed by atoms with Gasteiger partial charge in [-0.3, -0.25) is 0 Å². The van der Waals surface area contributed by atoms with Crippen LogP contribution in [0.25, 0.3) is 10.6 Å². The maximum Gasteiger partial charge on any atom is 0.207 e. The van der Waals surface area contributed by atoms with Crippen LogP contribution in [-0.4, -0.2) is 10.2 Å². The molecule has 0 aliphatic rings. The van der Waals surface area contributed by atoms with Crippen molar-refractivity contribution in [1.82, 2.24) is 10.2 Å². The molecule has 0 bridgehead atoms. The Kier molecular flexibility index (Phi) is 2.93. The van der Waals surface area contributed by atoms with Gasteiger partial charge in [0.05, 0.1) is 5.02 Å². The van der Waals surface area contributed by atoms with Crippen LogP contribution in [0.2, 0.25) is 14.5 Å². The Hall–Kier alpha value is -0.350. The highest BCUT2D eigenvalue weighted by Crippen LogP contribution is 2.33. The zero-order valence-electron chi connectivity index (χ0n) is 6.67. The van der Waals surface area contributed by atoms with Gasteiger partial charge in [-0.25, -0.2) is 0 Å². The summed E-state index contributed by atoms with van der Waals surface area (Å²) in [5, 5.41) is 9.44. The first kappa shape index (κ1) is 10.2. The van der Waals surface area contributed by atoms with E-state index in [1.807, 2.05) is 0 Å². The molecular formula is C8H3Cl3N2S. The van der Waals surface area contributed by atoms with Gasteiger partial charge in [0.15, 0.2) is 0 Å². The normalized spacial score (nSPS) is 10.5. The lowest BCUT2D eigenvalue weighted by Gasteiger charge is -1.99. The molecule has 0 spiro atoms. The Morgan fingerprint density at radius 2 is 1.86 bits per heavy atom. The minimum atomic E-state index is 0.385. The van der Waals surface area contributed by atoms with E-state index in [0.717, 1.165) is 5.56 Å². The molecular weight excluding hydrogens is 263 g/mol. The molecule has 0 aliphatic heterocycles. The Morgan fingerprint density at radius 3 is 2.50 bits per heavy atom. The number of benzene rings is 1. The van der Waals surface area contributed by atoms with E-state index in [2.05, 4.69) is 10.2 Å². The third kappa shape index (κ3) is 2.01. The van der Waals surface area contributed by atoms with Crippen molar-refractivity contribution < 1.29 is 0 Å². The summed E-state index contributed by atoms with van der Waals surface area (Å²) in [6.45, 7) is 0. The summed E-state index contributed by atoms with van der Waals surface area (Å²) in [5.74, 6) is 0. The number of nitrogens with zero attached hydrogens (tertiary/aromatic N) is 2. The molecule has 0 saturated heterocycles. The van der Waals surface area contributed by atoms with Crippen LogP contribution in [0.5, 0.6) is 0 Å². The molecule has 1 heterocycles. The molecule has 0 radical (unpaired) electrons. The summed E-state index contributed by atoms with van der Waals surface area (Å²) < 4.78 is 0.385. The minimum Gasteiger partial charge on any atom is -0.137 e. The highest BCUT2D eigenvalue weighted by molar-refractivity contribution is 7.18. The number of aromatic nitrogens is 2. The molecule has 1 aromatic carbocycles. The van der Waals surface area contributed by atoms with Crippen LogP contribution < -0.4 is 0 Å². The largest absolute Gasteiger partial charge is 0.207 e. The van der Waals surface area contributed by atoms with E-state index in [1.54, 1.807) is 18.2 Å². The van der Waals surface area contributed by atoms with Crippen molar-refractivity contribution >= 4 is 46.1 Å². The summed E-state index contributed by atoms with van der Waals surface area (Å²) >= 11 is 18.8. The molecule has 0 N–H and O–H groups in total. The van der Waals surface area contributed by atoms with Crippen molar-refractivity contribution in [2.24, 2.45) is 0 Å². The van der Waals surface area contributed by atoms with Gasteiger partial charge in [0.1, 0.15) is 5.01 Å². The lowest BCUT2D eigenvalue weighted by molar-refractivity contribution is 1.10. The molecule has 2 rings (SSSR count). The molecule has 72 valence electrons. The van der Waals surface area contributed by atoms with Gasteiger partial charge in [-0.15, -0.1) is 10.2 Å². The Labute approximate surface area is 99.4 Å². The first-order valence-electron chi connectivity index (χ1n) is 3.61. The smallest absolute Gasteiger partial charge is 0.137 e. The van der Waals surface area contributed by atoms with Gasteiger partial charge < -0.3 is 0 Å². The second kappa shape index (κ2) is 4.03. The van der Waals surface area contributed by atoms with Gasteiger partial charge in [-0.1, -0.05) is 34.5 Å². The quantitative estimate of drug-likeness (QED) is 0.773. The SMILES string of the molecule is Clc1ccc(Cl)c(-c2nnc(Cl)s2)c1. The molecule has 6 heteroatoms. The zero-order valence-corrected chi connectivity index (χ0v) is 9.75. The number of hydrogen-bond acceptors (Lipinski definition) is 3. The maximum absolute atomic E-state index is 5.98. The second-order valence-corrected chi connectivity index (χ2v) is 4.89. The van der Waals surface area contributed by atoms with Gasteiger partial charge in [-0.2, -0.15) is 0 Å². The van der Waals surface area contributed by atoms with Crippen molar-refractivity contribution in [3.8, 4) is 10.6 Å². The Balaban J connectivity index is 2.55. The fourth-order valence-corrected chi connectivity index (χ4v) is 2.27. The molecule has 0 fully saturated rings. The summed E-state index contributed by atoms with van der Waals surface area (Å²) in [5.41, 5.74) is 0.753. The van der Waals surface area contributed by atoms with Crippen molar-refractivity contribution in [3.05, 3.63) is 32.7 Å². The van der Waals surface area contributed by atoms with E-state index in [9.17, 15) is 0 Å². The van der Waals surface area contributed by atoms with Gasteiger partial charge in [0.25, 0.3) is 0 Å². The summed E-state index contributed by atoms with van der Waals surface area (Å²) in [7, 11) is 0. The van der Waals surface area contributed by atoms with E-state index in [-0.39, 0.29) is 0 Å². The molecule has 2 nitrogen and oxygen atoms in total. The fraction of sp³-hybridized carbons (Fsp3) is 0. The topological polar surface area (TPSA) is 25.8 Å². The van der Waals surface area contributed by atoms with Crippen LogP contribution in [0.3, 0.4) is 0 Å². The molecule has 2 aromatic rings. The van der Waals surface area contributed by atoms with Gasteiger partial charge in [-0.05, 0) is 29.8 Å². The average molecular weight is 266 g/mol. The molecule has 0 aliphatic carbocycles. The minimum absolute atomic E-state index is 0.385. The Bertz CT molecular complexity index is 469. The predicted octanol–water partition coefficient (Wildman–Crippen LogP) is 4.17. The molecule has 14 heavy (non-hydrogen) atoms. The second-order valence-electron chi connectivity index (χ2n) is 2.48. The highest BCUT2D eigenvalue weighted by atomic mass is 35.5. The lowest BCUT2D eigenvalue weighted by Crippen LogP contribution is -1.78. The molecule has 0 amide bonds. The maximum atomic E-state index is 5.98. The van der Waals surface area contributed by atoms with E-state index < -0.39 is 0 Å². The van der Waals surface area contributed by atoms with Crippen molar-refractivity contribution in [2.75, 3.05) is 0 Å². The van der Waals surface area contributed by atoms with Crippen LogP contribution in [0.15, 0.2) is 18.2 Å². The van der Waals surface area contributed by atoms with Gasteiger partial charge in [0.2, 0.25) is 4.47 Å². The van der Waals surface area contributed by atoms with Crippen LogP contribution in [0, 0.1) is 0 Å². The van der Waals surface area contributed by atoms with Crippen LogP contribution in [0.1, 0.15) is 0 Å². The third-order valence-corrected chi connectivity index (χ3v) is 3.18. The average Bonchev–Trinajstić information content (AvgIpc) is 2.56. The number of hydrogen-bond donors (Lipinski definition) is 0. The van der Waals surface area contributed by atoms with Gasteiger partial charge >= 0.3 is 0 Å². The molecule has 1 aromatic heterocycles. The van der Waals surface area contributed by atoms with E-state index in [0.29, 0.717) is 19.5 Å². The number of rotatable bonds is 1. The zero-order chi connectivity index (χ0) is 10.1. The monoisotopic (exact) mass is 264 g/mol. The summed E-state index contributed by atoms with van der Waals surface area (Å²) in [6.07, 6.45) is 0. The van der Waals surface area contributed by atoms with Crippen LogP contribution >= 0.6 is 46.1 Å². The van der Waals surface area contributed by atoms with Crippen LogP contribution in [-0.2, 0) is 0 Å². The summed E-state index contributed by atoms with van der Waals surface area (Å²) in [6, 6.07) is 5.17. The molecule has 0 unspecified atom stereocenters. The molecule has 0 saturated carbocycles. The highest BCUT2D eigenvalue weighted by Gasteiger charge is 2.09. The van der Waals surface area contributed by atoms with Crippen LogP contribution in [0.4, 0.5) is 0 Å². The molecule has 0 atom stereocenters. The van der Waals surface area contributed by atoms with Crippen molar-refractivity contribution in [3.63, 3.8) is 0 Å². The summed E-state index contributed by atoms with van der Waals surface area (Å²) in [4.78, 5) is 0. The fourth-order valence-electron chi connectivity index (χ4n) is 0.976. The van der Waals surface area contributed by atoms with E-state index in [4.69, 9.17) is 34.8 Å². The lowest BCUT2D eigenvalue weighted by atomic mass is 10.2. The Morgan fingerprint density at radius 1 is 1.07 bits per heavy atom. The van der Waals surface area contributed by atoms with E-state index >= 15 is 0 Å². The van der Waals surface area contributed by atoms with Crippen molar-refractivity contribution in [2.45, 2.75) is 0 Å². The first-order chi connectivity index (χ1) is 6.66. The van der Waals surface area contributed by atoms with E-state index in [1.165, 1.54) is 11.3 Å². The third-order valence-electron chi connectivity index (χ3n) is 1.56.